The van der Waals surface area contributed by atoms with E-state index in [2.05, 4.69) is 0 Å². The van der Waals surface area contributed by atoms with Crippen LogP contribution in [0.2, 0.25) is 0 Å². The predicted molar refractivity (Wildman–Crippen MR) is 76.7 cm³/mol. The summed E-state index contributed by atoms with van der Waals surface area (Å²) in [6, 6.07) is 14.5. The van der Waals surface area contributed by atoms with Gasteiger partial charge in [-0.25, -0.2) is 0 Å². The first-order valence-electron chi connectivity index (χ1n) is 6.38. The summed E-state index contributed by atoms with van der Waals surface area (Å²) >= 11 is 0. The summed E-state index contributed by atoms with van der Waals surface area (Å²) < 4.78 is 5.10. The summed E-state index contributed by atoms with van der Waals surface area (Å²) in [4.78, 5) is 12.3. The van der Waals surface area contributed by atoms with Crippen LogP contribution in [0.25, 0.3) is 6.08 Å². The van der Waals surface area contributed by atoms with E-state index >= 15 is 0 Å². The molecule has 0 unspecified atom stereocenters. The molecule has 0 bridgehead atoms. The van der Waals surface area contributed by atoms with Crippen LogP contribution in [0.3, 0.4) is 0 Å². The molecule has 3 rings (SSSR count). The van der Waals surface area contributed by atoms with Gasteiger partial charge in [0.15, 0.2) is 5.78 Å². The van der Waals surface area contributed by atoms with Crippen molar-refractivity contribution in [2.24, 2.45) is 0 Å². The monoisotopic (exact) mass is 266 g/mol. The predicted octanol–water partition coefficient (Wildman–Crippen LogP) is 3.01. The van der Waals surface area contributed by atoms with Gasteiger partial charge in [0.2, 0.25) is 0 Å². The highest BCUT2D eigenvalue weighted by Crippen LogP contribution is 2.36. The molecule has 20 heavy (non-hydrogen) atoms. The molecule has 1 aliphatic rings. The molecule has 0 fully saturated rings. The lowest BCUT2D eigenvalue weighted by atomic mass is 10.1. The quantitative estimate of drug-likeness (QED) is 0.850. The third-order valence-corrected chi connectivity index (χ3v) is 3.49. The number of benzene rings is 2. The van der Waals surface area contributed by atoms with Crippen molar-refractivity contribution in [1.82, 2.24) is 0 Å². The molecule has 3 nitrogen and oxygen atoms in total. The zero-order valence-corrected chi connectivity index (χ0v) is 11.0. The molecule has 0 aliphatic heterocycles. The van der Waals surface area contributed by atoms with Crippen LogP contribution >= 0.6 is 0 Å². The van der Waals surface area contributed by atoms with Gasteiger partial charge in [0.1, 0.15) is 11.9 Å². The second-order valence-corrected chi connectivity index (χ2v) is 4.69. The molecular weight excluding hydrogens is 252 g/mol. The van der Waals surface area contributed by atoms with Crippen LogP contribution in [-0.2, 0) is 0 Å². The first kappa shape index (κ1) is 12.6. The molecule has 0 radical (unpaired) electrons. The van der Waals surface area contributed by atoms with Crippen molar-refractivity contribution in [1.29, 1.82) is 0 Å². The number of methoxy groups -OCH3 is 1. The Morgan fingerprint density at radius 1 is 1.10 bits per heavy atom. The fourth-order valence-corrected chi connectivity index (χ4v) is 2.41. The largest absolute Gasteiger partial charge is 0.497 e. The van der Waals surface area contributed by atoms with E-state index in [1.165, 1.54) is 0 Å². The molecular formula is C17H14O3. The maximum Gasteiger partial charge on any atom is 0.192 e. The molecule has 0 amide bonds. The number of Topliss-reactive ketones (excluding diaryl/α,β-unsaturated/α-hetero) is 1. The zero-order valence-electron chi connectivity index (χ0n) is 11.0. The van der Waals surface area contributed by atoms with Crippen LogP contribution in [-0.4, -0.2) is 18.0 Å². The molecule has 0 heterocycles. The topological polar surface area (TPSA) is 46.5 Å². The normalized spacial score (nSPS) is 19.2. The molecule has 0 aromatic heterocycles. The van der Waals surface area contributed by atoms with Crippen LogP contribution < -0.4 is 4.74 Å². The molecule has 3 heteroatoms. The molecule has 100 valence electrons. The summed E-state index contributed by atoms with van der Waals surface area (Å²) in [5.41, 5.74) is 2.54. The van der Waals surface area contributed by atoms with Gasteiger partial charge in [-0.05, 0) is 29.3 Å². The maximum atomic E-state index is 12.3. The van der Waals surface area contributed by atoms with Gasteiger partial charge < -0.3 is 9.84 Å². The minimum Gasteiger partial charge on any atom is -0.497 e. The molecule has 0 spiro atoms. The number of carbonyl (C=O) groups is 1. The molecule has 0 saturated heterocycles. The summed E-state index contributed by atoms with van der Waals surface area (Å²) in [5, 5.41) is 10.3. The van der Waals surface area contributed by atoms with Crippen LogP contribution in [0.15, 0.2) is 54.1 Å². The number of aliphatic hydroxyl groups is 1. The average Bonchev–Trinajstić information content (AvgIpc) is 2.74. The van der Waals surface area contributed by atoms with Crippen molar-refractivity contribution >= 4 is 11.9 Å². The van der Waals surface area contributed by atoms with Gasteiger partial charge in [-0.2, -0.15) is 0 Å². The first-order valence-corrected chi connectivity index (χ1v) is 6.38. The number of ether oxygens (including phenoxy) is 1. The highest BCUT2D eigenvalue weighted by Gasteiger charge is 2.32. The van der Waals surface area contributed by atoms with Crippen molar-refractivity contribution in [3.8, 4) is 5.75 Å². The van der Waals surface area contributed by atoms with Crippen molar-refractivity contribution in [3.05, 3.63) is 70.8 Å². The van der Waals surface area contributed by atoms with Gasteiger partial charge >= 0.3 is 0 Å². The van der Waals surface area contributed by atoms with E-state index < -0.39 is 6.10 Å². The van der Waals surface area contributed by atoms with E-state index in [0.29, 0.717) is 16.7 Å². The molecule has 2 aromatic rings. The lowest BCUT2D eigenvalue weighted by Gasteiger charge is -2.05. The molecule has 2 aromatic carbocycles. The Bertz CT molecular complexity index is 684. The van der Waals surface area contributed by atoms with Crippen molar-refractivity contribution in [2.75, 3.05) is 7.11 Å². The molecule has 1 N–H and O–H groups in total. The number of ketones is 1. The smallest absolute Gasteiger partial charge is 0.192 e. The molecule has 1 aliphatic carbocycles. The second kappa shape index (κ2) is 4.94. The number of hydrogen-bond acceptors (Lipinski definition) is 3. The minimum absolute atomic E-state index is 0.107. The SMILES string of the molecule is COc1ccc(/C=C2/C(=O)c3ccccc3[C@@H]2O)cc1. The Hall–Kier alpha value is -2.39. The van der Waals surface area contributed by atoms with E-state index in [4.69, 9.17) is 4.74 Å². The van der Waals surface area contributed by atoms with Crippen LogP contribution in [0, 0.1) is 0 Å². The minimum atomic E-state index is -0.846. The van der Waals surface area contributed by atoms with E-state index in [9.17, 15) is 9.90 Å². The Morgan fingerprint density at radius 3 is 2.45 bits per heavy atom. The number of fused-ring (bicyclic) bond motifs is 1. The van der Waals surface area contributed by atoms with E-state index in [0.717, 1.165) is 11.3 Å². The fourth-order valence-electron chi connectivity index (χ4n) is 2.41. The third kappa shape index (κ3) is 2.02. The third-order valence-electron chi connectivity index (χ3n) is 3.49. The number of hydrogen-bond donors (Lipinski definition) is 1. The second-order valence-electron chi connectivity index (χ2n) is 4.69. The van der Waals surface area contributed by atoms with E-state index in [1.807, 2.05) is 30.3 Å². The van der Waals surface area contributed by atoms with E-state index in [1.54, 1.807) is 31.4 Å². The standard InChI is InChI=1S/C17H14O3/c1-20-12-8-6-11(7-9-12)10-15-16(18)13-4-2-3-5-14(13)17(15)19/h2-10,16,18H,1H3/b15-10+/t16-/m0/s1. The average molecular weight is 266 g/mol. The van der Waals surface area contributed by atoms with Gasteiger partial charge in [-0.15, -0.1) is 0 Å². The summed E-state index contributed by atoms with van der Waals surface area (Å²) in [7, 11) is 1.61. The number of carbonyl (C=O) groups excluding carboxylic acids is 1. The highest BCUT2D eigenvalue weighted by atomic mass is 16.5. The van der Waals surface area contributed by atoms with Crippen LogP contribution in [0.5, 0.6) is 5.75 Å². The summed E-state index contributed by atoms with van der Waals surface area (Å²) in [6.07, 6.45) is 0.882. The van der Waals surface area contributed by atoms with Crippen molar-refractivity contribution in [3.63, 3.8) is 0 Å². The lowest BCUT2D eigenvalue weighted by Crippen LogP contribution is -1.99. The number of aliphatic hydroxyl groups excluding tert-OH is 1. The van der Waals surface area contributed by atoms with Crippen LogP contribution in [0.4, 0.5) is 0 Å². The van der Waals surface area contributed by atoms with E-state index in [-0.39, 0.29) is 5.78 Å². The Labute approximate surface area is 117 Å². The highest BCUT2D eigenvalue weighted by molar-refractivity contribution is 6.16. The van der Waals surface area contributed by atoms with Gasteiger partial charge in [-0.1, -0.05) is 36.4 Å². The number of rotatable bonds is 2. The summed E-state index contributed by atoms with van der Waals surface area (Å²) in [5.74, 6) is 0.651. The van der Waals surface area contributed by atoms with Gasteiger partial charge in [0.25, 0.3) is 0 Å². The summed E-state index contributed by atoms with van der Waals surface area (Å²) in [6.45, 7) is 0. The Kier molecular flexibility index (Phi) is 3.12. The van der Waals surface area contributed by atoms with Gasteiger partial charge in [0.05, 0.1) is 7.11 Å². The van der Waals surface area contributed by atoms with Crippen molar-refractivity contribution < 1.29 is 14.6 Å². The lowest BCUT2D eigenvalue weighted by molar-refractivity contribution is 0.102. The Morgan fingerprint density at radius 2 is 1.80 bits per heavy atom. The molecule has 1 atom stereocenters. The maximum absolute atomic E-state index is 12.3. The molecule has 0 saturated carbocycles. The zero-order chi connectivity index (χ0) is 14.1. The van der Waals surface area contributed by atoms with Gasteiger partial charge in [0, 0.05) is 11.1 Å². The Balaban J connectivity index is 1.99. The fraction of sp³-hybridized carbons (Fsp3) is 0.118. The van der Waals surface area contributed by atoms with Crippen LogP contribution in [0.1, 0.15) is 27.6 Å². The first-order chi connectivity index (χ1) is 9.70. The van der Waals surface area contributed by atoms with Gasteiger partial charge in [-0.3, -0.25) is 4.79 Å². The van der Waals surface area contributed by atoms with Crippen molar-refractivity contribution in [2.45, 2.75) is 6.10 Å².